The van der Waals surface area contributed by atoms with Gasteiger partial charge in [0.2, 0.25) is 0 Å². The standard InChI is InChI=1S/C13H17ClO3/c1-2-3-4-10-5-7-11(8-6-10)17-9-12(14)13(15)16/h5-8,12H,2-4,9H2,1H3,(H,15,16). The molecule has 1 N–H and O–H groups in total. The molecule has 0 heterocycles. The SMILES string of the molecule is CCCCc1ccc(OCC(Cl)C(=O)O)cc1. The molecule has 0 amide bonds. The highest BCUT2D eigenvalue weighted by atomic mass is 35.5. The molecule has 1 aromatic carbocycles. The summed E-state index contributed by atoms with van der Waals surface area (Å²) in [7, 11) is 0. The van der Waals surface area contributed by atoms with Gasteiger partial charge in [0.05, 0.1) is 0 Å². The molecule has 3 nitrogen and oxygen atoms in total. The van der Waals surface area contributed by atoms with E-state index in [1.165, 1.54) is 18.4 Å². The highest BCUT2D eigenvalue weighted by Gasteiger charge is 2.13. The Kier molecular flexibility index (Phi) is 5.84. The van der Waals surface area contributed by atoms with E-state index in [0.29, 0.717) is 5.75 Å². The van der Waals surface area contributed by atoms with Gasteiger partial charge in [0.15, 0.2) is 5.38 Å². The Bertz CT molecular complexity index is 348. The van der Waals surface area contributed by atoms with Crippen molar-refractivity contribution in [3.63, 3.8) is 0 Å². The number of aryl methyl sites for hydroxylation is 1. The van der Waals surface area contributed by atoms with E-state index in [2.05, 4.69) is 6.92 Å². The number of benzene rings is 1. The largest absolute Gasteiger partial charge is 0.491 e. The smallest absolute Gasteiger partial charge is 0.325 e. The minimum absolute atomic E-state index is 0.0226. The summed E-state index contributed by atoms with van der Waals surface area (Å²) in [5.41, 5.74) is 1.26. The molecule has 1 atom stereocenters. The molecule has 0 aliphatic heterocycles. The summed E-state index contributed by atoms with van der Waals surface area (Å²) in [4.78, 5) is 10.5. The highest BCUT2D eigenvalue weighted by Crippen LogP contribution is 2.14. The minimum Gasteiger partial charge on any atom is -0.491 e. The van der Waals surface area contributed by atoms with Crippen molar-refractivity contribution < 1.29 is 14.6 Å². The molecular weight excluding hydrogens is 240 g/mol. The molecule has 0 saturated carbocycles. The molecule has 0 bridgehead atoms. The third-order valence-corrected chi connectivity index (χ3v) is 2.72. The summed E-state index contributed by atoms with van der Waals surface area (Å²) in [6.45, 7) is 2.13. The zero-order valence-electron chi connectivity index (χ0n) is 9.86. The van der Waals surface area contributed by atoms with Crippen molar-refractivity contribution in [2.75, 3.05) is 6.61 Å². The molecule has 17 heavy (non-hydrogen) atoms. The quantitative estimate of drug-likeness (QED) is 0.763. The van der Waals surface area contributed by atoms with Crippen molar-refractivity contribution in [1.29, 1.82) is 0 Å². The first-order valence-electron chi connectivity index (χ1n) is 5.72. The lowest BCUT2D eigenvalue weighted by molar-refractivity contribution is -0.137. The maximum absolute atomic E-state index is 10.5. The number of carbonyl (C=O) groups is 1. The van der Waals surface area contributed by atoms with E-state index in [1.54, 1.807) is 0 Å². The first-order valence-corrected chi connectivity index (χ1v) is 6.15. The fourth-order valence-electron chi connectivity index (χ4n) is 1.37. The normalized spacial score (nSPS) is 12.1. The third kappa shape index (κ3) is 5.09. The van der Waals surface area contributed by atoms with Crippen LogP contribution >= 0.6 is 11.6 Å². The fraction of sp³-hybridized carbons (Fsp3) is 0.462. The van der Waals surface area contributed by atoms with Gasteiger partial charge in [0.1, 0.15) is 12.4 Å². The molecule has 1 aromatic rings. The summed E-state index contributed by atoms with van der Waals surface area (Å²) in [5.74, 6) is -0.414. The van der Waals surface area contributed by atoms with Crippen LogP contribution in [0.15, 0.2) is 24.3 Å². The minimum atomic E-state index is -1.06. The topological polar surface area (TPSA) is 46.5 Å². The van der Waals surface area contributed by atoms with Gasteiger partial charge in [-0.1, -0.05) is 25.5 Å². The maximum Gasteiger partial charge on any atom is 0.325 e. The number of carboxylic acids is 1. The Labute approximate surface area is 106 Å². The number of alkyl halides is 1. The number of rotatable bonds is 7. The number of halogens is 1. The highest BCUT2D eigenvalue weighted by molar-refractivity contribution is 6.29. The Morgan fingerprint density at radius 1 is 1.41 bits per heavy atom. The molecule has 1 unspecified atom stereocenters. The fourth-order valence-corrected chi connectivity index (χ4v) is 1.44. The van der Waals surface area contributed by atoms with E-state index in [-0.39, 0.29) is 6.61 Å². The van der Waals surface area contributed by atoms with Crippen LogP contribution in [0.1, 0.15) is 25.3 Å². The number of hydrogen-bond donors (Lipinski definition) is 1. The molecule has 0 aliphatic rings. The lowest BCUT2D eigenvalue weighted by atomic mass is 10.1. The Morgan fingerprint density at radius 2 is 2.06 bits per heavy atom. The number of aliphatic carboxylic acids is 1. The van der Waals surface area contributed by atoms with Gasteiger partial charge in [-0.05, 0) is 30.5 Å². The van der Waals surface area contributed by atoms with Crippen LogP contribution in [-0.4, -0.2) is 23.1 Å². The first-order chi connectivity index (χ1) is 8.13. The first kappa shape index (κ1) is 13.8. The maximum atomic E-state index is 10.5. The molecule has 0 aliphatic carbocycles. The molecule has 94 valence electrons. The van der Waals surface area contributed by atoms with Gasteiger partial charge in [0, 0.05) is 0 Å². The van der Waals surface area contributed by atoms with Crippen LogP contribution in [0.2, 0.25) is 0 Å². The van der Waals surface area contributed by atoms with Crippen molar-refractivity contribution in [2.45, 2.75) is 31.6 Å². The molecule has 1 rings (SSSR count). The summed E-state index contributed by atoms with van der Waals surface area (Å²) >= 11 is 5.54. The Balaban J connectivity index is 2.42. The molecule has 0 saturated heterocycles. The lowest BCUT2D eigenvalue weighted by Gasteiger charge is -2.08. The van der Waals surface area contributed by atoms with Gasteiger partial charge in [-0.3, -0.25) is 4.79 Å². The molecule has 0 aromatic heterocycles. The lowest BCUT2D eigenvalue weighted by Crippen LogP contribution is -2.21. The van der Waals surface area contributed by atoms with Crippen LogP contribution in [0.4, 0.5) is 0 Å². The van der Waals surface area contributed by atoms with Crippen molar-refractivity contribution in [3.05, 3.63) is 29.8 Å². The van der Waals surface area contributed by atoms with Crippen LogP contribution in [0.5, 0.6) is 5.75 Å². The number of unbranched alkanes of at least 4 members (excludes halogenated alkanes) is 1. The zero-order chi connectivity index (χ0) is 12.7. The second kappa shape index (κ2) is 7.17. The number of hydrogen-bond acceptors (Lipinski definition) is 2. The average Bonchev–Trinajstić information content (AvgIpc) is 2.34. The van der Waals surface area contributed by atoms with Crippen LogP contribution < -0.4 is 4.74 Å². The zero-order valence-corrected chi connectivity index (χ0v) is 10.6. The van der Waals surface area contributed by atoms with Gasteiger partial charge in [0.25, 0.3) is 0 Å². The molecule has 0 fully saturated rings. The summed E-state index contributed by atoms with van der Waals surface area (Å²) < 4.78 is 5.28. The van der Waals surface area contributed by atoms with Crippen LogP contribution in [0, 0.1) is 0 Å². The van der Waals surface area contributed by atoms with E-state index in [9.17, 15) is 4.79 Å². The van der Waals surface area contributed by atoms with Gasteiger partial charge in [-0.15, -0.1) is 11.6 Å². The van der Waals surface area contributed by atoms with Gasteiger partial charge in [-0.25, -0.2) is 0 Å². The second-order valence-corrected chi connectivity index (χ2v) is 4.39. The van der Waals surface area contributed by atoms with Crippen molar-refractivity contribution in [1.82, 2.24) is 0 Å². The van der Waals surface area contributed by atoms with Crippen molar-refractivity contribution in [2.24, 2.45) is 0 Å². The van der Waals surface area contributed by atoms with Crippen molar-refractivity contribution in [3.8, 4) is 5.75 Å². The predicted octanol–water partition coefficient (Wildman–Crippen LogP) is 3.10. The number of ether oxygens (including phenoxy) is 1. The predicted molar refractivity (Wildman–Crippen MR) is 67.8 cm³/mol. The molecule has 4 heteroatoms. The monoisotopic (exact) mass is 256 g/mol. The summed E-state index contributed by atoms with van der Waals surface area (Å²) in [6, 6.07) is 7.68. The van der Waals surface area contributed by atoms with Gasteiger partial charge >= 0.3 is 5.97 Å². The van der Waals surface area contributed by atoms with E-state index in [0.717, 1.165) is 6.42 Å². The van der Waals surface area contributed by atoms with Gasteiger partial charge in [-0.2, -0.15) is 0 Å². The summed E-state index contributed by atoms with van der Waals surface area (Å²) in [5, 5.41) is 7.58. The molecule has 0 spiro atoms. The van der Waals surface area contributed by atoms with E-state index in [4.69, 9.17) is 21.4 Å². The second-order valence-electron chi connectivity index (χ2n) is 3.86. The third-order valence-electron chi connectivity index (χ3n) is 2.41. The van der Waals surface area contributed by atoms with Crippen LogP contribution in [0.3, 0.4) is 0 Å². The average molecular weight is 257 g/mol. The molecule has 0 radical (unpaired) electrons. The van der Waals surface area contributed by atoms with E-state index >= 15 is 0 Å². The van der Waals surface area contributed by atoms with Crippen LogP contribution in [-0.2, 0) is 11.2 Å². The van der Waals surface area contributed by atoms with E-state index in [1.807, 2.05) is 24.3 Å². The molecular formula is C13H17ClO3. The van der Waals surface area contributed by atoms with E-state index < -0.39 is 11.3 Å². The Hall–Kier alpha value is -1.22. The number of carboxylic acid groups (broad SMARTS) is 1. The van der Waals surface area contributed by atoms with Crippen LogP contribution in [0.25, 0.3) is 0 Å². The van der Waals surface area contributed by atoms with Gasteiger partial charge < -0.3 is 9.84 Å². The Morgan fingerprint density at radius 3 is 2.59 bits per heavy atom. The van der Waals surface area contributed by atoms with Crippen molar-refractivity contribution >= 4 is 17.6 Å². The summed E-state index contributed by atoms with van der Waals surface area (Å²) in [6.07, 6.45) is 3.40.